The van der Waals surface area contributed by atoms with Crippen molar-refractivity contribution in [2.75, 3.05) is 41.7 Å². The van der Waals surface area contributed by atoms with Crippen molar-refractivity contribution in [1.29, 1.82) is 0 Å². The average molecular weight is 2020 g/mol. The van der Waals surface area contributed by atoms with Crippen molar-refractivity contribution < 1.29 is 66.7 Å². The molecule has 0 fully saturated rings. The quantitative estimate of drug-likeness (QED) is 0.0242. The van der Waals surface area contributed by atoms with E-state index in [9.17, 15) is 33.6 Å². The molecule has 0 aliphatic carbocycles. The van der Waals surface area contributed by atoms with E-state index >= 15 is 0 Å². The fourth-order valence-electron chi connectivity index (χ4n) is 17.6. The van der Waals surface area contributed by atoms with Crippen LogP contribution in [-0.4, -0.2) is 89.5 Å². The third-order valence-corrected chi connectivity index (χ3v) is 27.3. The Balaban J connectivity index is -0.000000630. The van der Waals surface area contributed by atoms with Crippen LogP contribution >= 0.6 is 0 Å². The van der Waals surface area contributed by atoms with E-state index in [4.69, 9.17) is 14.2 Å². The highest BCUT2D eigenvalue weighted by Gasteiger charge is 2.20. The summed E-state index contributed by atoms with van der Waals surface area (Å²) < 4.78 is 35.3. The van der Waals surface area contributed by atoms with Crippen molar-refractivity contribution in [3.63, 3.8) is 0 Å². The van der Waals surface area contributed by atoms with Gasteiger partial charge in [0.1, 0.15) is 13.2 Å². The second-order valence-electron chi connectivity index (χ2n) is 41.5. The lowest BCUT2D eigenvalue weighted by molar-refractivity contribution is -0.167. The fourth-order valence-corrected chi connectivity index (χ4v) is 17.6. The zero-order chi connectivity index (χ0) is 105. The summed E-state index contributed by atoms with van der Waals surface area (Å²) in [7, 11) is 5.84. The zero-order valence-electron chi connectivity index (χ0n) is 97.3. The monoisotopic (exact) mass is 2020 g/mol. The normalized spacial score (nSPS) is 11.3. The molecule has 0 amide bonds. The molecule has 0 aromatic rings. The molecule has 0 bridgehead atoms. The summed E-state index contributed by atoms with van der Waals surface area (Å²) in [5.74, 6) is -1.17. The number of unbranched alkanes of at least 4 members (excludes halogenated alkanes) is 79. The summed E-state index contributed by atoms with van der Waals surface area (Å²) in [5, 5.41) is 0. The molecule has 0 spiro atoms. The standard InChI is InChI=1S/C55H102O6.C19H38O2.C19H36O2.C19H34O2.C17H34O2/c1-4-7-10-13-16-19-22-25-27-30-32-35-38-41-44-47-53(56)59-50-52(61-55(58)49-46-43-40-37-34-29-24-21-18-15-12-9-6-3)51-60-54(57)48-45-42-39-36-33-31-28-26-23-20-17-14-11-8-5-2;3*1-3-4-5-6-7-8-9-10-11-12-13-14-15-16-17-18-19(20)21-2;1-3-4-5-6-7-8-9-10-11-12-13-14-15-16-17(18)19-2/h25-28,52H,4-24,29-51H2,1-3H3;3-18H2,1-2H3;10-11H,3-9,12-18H2,1-2H3;7-8,10-11H,3-6,9,12-18H2,1-2H3;3-16H2,1-2H3/b27-25-,28-26-;;11-10-;8-7-,11-10-;. The summed E-state index contributed by atoms with van der Waals surface area (Å²) in [6, 6.07) is 0. The van der Waals surface area contributed by atoms with Crippen molar-refractivity contribution in [1.82, 2.24) is 0 Å². The van der Waals surface area contributed by atoms with Crippen molar-refractivity contribution in [3.8, 4) is 0 Å². The summed E-state index contributed by atoms with van der Waals surface area (Å²) in [6.07, 6.45) is 141. The first-order valence-electron chi connectivity index (χ1n) is 62.3. The number of rotatable bonds is 108. The Labute approximate surface area is 889 Å². The van der Waals surface area contributed by atoms with Crippen molar-refractivity contribution in [2.45, 2.75) is 684 Å². The van der Waals surface area contributed by atoms with Crippen LogP contribution in [0.2, 0.25) is 0 Å². The minimum Gasteiger partial charge on any atom is -0.469 e. The van der Waals surface area contributed by atoms with E-state index in [1.807, 2.05) is 0 Å². The van der Waals surface area contributed by atoms with Gasteiger partial charge >= 0.3 is 41.8 Å². The molecule has 0 aromatic heterocycles. The first kappa shape index (κ1) is 146. The number of carbonyl (C=O) groups excluding carboxylic acids is 7. The molecule has 0 saturated heterocycles. The van der Waals surface area contributed by atoms with Crippen LogP contribution in [0.3, 0.4) is 0 Å². The molecule has 0 aliphatic rings. The number of methoxy groups -OCH3 is 4. The van der Waals surface area contributed by atoms with Crippen LogP contribution in [0.15, 0.2) is 60.8 Å². The Morgan fingerprint density at radius 1 is 0.154 bits per heavy atom. The third-order valence-electron chi connectivity index (χ3n) is 27.3. The molecule has 0 heterocycles. The molecule has 0 saturated carbocycles. The Hall–Kier alpha value is -5.01. The van der Waals surface area contributed by atoms with E-state index < -0.39 is 6.10 Å². The maximum atomic E-state index is 12.8. The number of esters is 7. The molecule has 14 heteroatoms. The minimum atomic E-state index is -0.773. The van der Waals surface area contributed by atoms with Gasteiger partial charge < -0.3 is 33.2 Å². The van der Waals surface area contributed by atoms with Gasteiger partial charge in [-0.25, -0.2) is 0 Å². The highest BCUT2D eigenvalue weighted by Crippen LogP contribution is 2.22. The second-order valence-corrected chi connectivity index (χ2v) is 41.5. The Bertz CT molecular complexity index is 2610. The van der Waals surface area contributed by atoms with Crippen LogP contribution in [0.4, 0.5) is 0 Å². The van der Waals surface area contributed by atoms with E-state index in [0.717, 1.165) is 116 Å². The molecule has 0 unspecified atom stereocenters. The molecule has 0 atom stereocenters. The molecule has 143 heavy (non-hydrogen) atoms. The number of hydrogen-bond acceptors (Lipinski definition) is 14. The Kier molecular flexibility index (Phi) is 140. The number of ether oxygens (including phenoxy) is 7. The van der Waals surface area contributed by atoms with Gasteiger partial charge in [-0.2, -0.15) is 0 Å². The summed E-state index contributed by atoms with van der Waals surface area (Å²) >= 11 is 0. The Morgan fingerprint density at radius 2 is 0.280 bits per heavy atom. The van der Waals surface area contributed by atoms with Crippen molar-refractivity contribution >= 4 is 41.8 Å². The average Bonchev–Trinajstić information content (AvgIpc) is 0.939. The van der Waals surface area contributed by atoms with E-state index in [0.29, 0.717) is 44.9 Å². The SMILES string of the molecule is CCCCC/C=C\C/C=C\CCCCCCCC(=O)OC.CCCCCCCC/C=C\CCCCCCCC(=O)OC.CCCCCCCC/C=C\CCCCCCCC(=O)OCC(COC(=O)CCCCCCC/C=C\CCCCCCCC)OC(=O)CCCCCCCCCCCCCCC.CCCCCCCCCCCCCCCC(=O)OC.CCCCCCCCCCCCCCCCCC(=O)OC. The minimum absolute atomic E-state index is 0.0651. The van der Waals surface area contributed by atoms with Crippen LogP contribution in [0, 0.1) is 0 Å². The molecule has 14 nitrogen and oxygen atoms in total. The Morgan fingerprint density at radius 3 is 0.448 bits per heavy atom. The first-order chi connectivity index (χ1) is 70.3. The smallest absolute Gasteiger partial charge is 0.306 e. The van der Waals surface area contributed by atoms with E-state index in [2.05, 4.69) is 128 Å². The number of allylic oxidation sites excluding steroid dienone is 10. The molecular formula is C129H244O14. The van der Waals surface area contributed by atoms with Crippen LogP contribution in [-0.2, 0) is 66.7 Å². The van der Waals surface area contributed by atoms with Crippen LogP contribution in [0.25, 0.3) is 0 Å². The topological polar surface area (TPSA) is 184 Å². The van der Waals surface area contributed by atoms with Crippen molar-refractivity contribution in [2.24, 2.45) is 0 Å². The van der Waals surface area contributed by atoms with Crippen LogP contribution in [0.5, 0.6) is 0 Å². The maximum absolute atomic E-state index is 12.8. The van der Waals surface area contributed by atoms with Gasteiger partial charge in [0.25, 0.3) is 0 Å². The maximum Gasteiger partial charge on any atom is 0.306 e. The first-order valence-corrected chi connectivity index (χ1v) is 62.3. The van der Waals surface area contributed by atoms with Gasteiger partial charge in [-0.05, 0) is 154 Å². The van der Waals surface area contributed by atoms with Gasteiger partial charge in [0, 0.05) is 44.9 Å². The van der Waals surface area contributed by atoms with E-state index in [1.165, 1.54) is 497 Å². The van der Waals surface area contributed by atoms with Gasteiger partial charge in [0.15, 0.2) is 6.10 Å². The molecule has 844 valence electrons. The molecule has 0 rings (SSSR count). The summed E-state index contributed by atoms with van der Waals surface area (Å²) in [4.78, 5) is 81.6. The lowest BCUT2D eigenvalue weighted by Crippen LogP contribution is -2.30. The van der Waals surface area contributed by atoms with E-state index in [1.54, 1.807) is 0 Å². The van der Waals surface area contributed by atoms with Gasteiger partial charge in [0.2, 0.25) is 0 Å². The fraction of sp³-hybridized carbons (Fsp3) is 0.868. The molecule has 0 N–H and O–H groups in total. The predicted octanol–water partition coefficient (Wildman–Crippen LogP) is 41.8. The third kappa shape index (κ3) is 143. The highest BCUT2D eigenvalue weighted by atomic mass is 16.6. The molecule has 0 aliphatic heterocycles. The summed E-state index contributed by atoms with van der Waals surface area (Å²) in [5.41, 5.74) is 0. The van der Waals surface area contributed by atoms with Gasteiger partial charge in [-0.3, -0.25) is 33.6 Å². The van der Waals surface area contributed by atoms with Crippen LogP contribution in [0.1, 0.15) is 678 Å². The molecular weight excluding hydrogens is 1770 g/mol. The number of hydrogen-bond donors (Lipinski definition) is 0. The van der Waals surface area contributed by atoms with Gasteiger partial charge in [-0.15, -0.1) is 0 Å². The van der Waals surface area contributed by atoms with Crippen molar-refractivity contribution in [3.05, 3.63) is 60.8 Å². The molecule has 0 aromatic carbocycles. The molecule has 0 radical (unpaired) electrons. The zero-order valence-corrected chi connectivity index (χ0v) is 97.3. The lowest BCUT2D eigenvalue weighted by Gasteiger charge is -2.18. The number of carbonyl (C=O) groups is 7. The highest BCUT2D eigenvalue weighted by molar-refractivity contribution is 5.72. The second kappa shape index (κ2) is 137. The van der Waals surface area contributed by atoms with Crippen LogP contribution < -0.4 is 0 Å². The van der Waals surface area contributed by atoms with Gasteiger partial charge in [-0.1, -0.05) is 539 Å². The summed E-state index contributed by atoms with van der Waals surface area (Å²) in [6.45, 7) is 15.7. The lowest BCUT2D eigenvalue weighted by atomic mass is 10.0. The largest absolute Gasteiger partial charge is 0.469 e. The predicted molar refractivity (Wildman–Crippen MR) is 618 cm³/mol. The van der Waals surface area contributed by atoms with E-state index in [-0.39, 0.29) is 55.0 Å². The van der Waals surface area contributed by atoms with Gasteiger partial charge in [0.05, 0.1) is 28.4 Å².